The van der Waals surface area contributed by atoms with Gasteiger partial charge in [-0.15, -0.1) is 0 Å². The quantitative estimate of drug-likeness (QED) is 0.181. The number of hydrogen-bond acceptors (Lipinski definition) is 1. The molecule has 0 spiro atoms. The number of hydrogen-bond donors (Lipinski definition) is 0. The van der Waals surface area contributed by atoms with Gasteiger partial charge in [0, 0.05) is 11.3 Å². The predicted octanol–water partition coefficient (Wildman–Crippen LogP) is 12.4. The number of aryl methyl sites for hydroxylation is 1. The van der Waals surface area contributed by atoms with Crippen molar-refractivity contribution in [1.82, 2.24) is 9.55 Å². The Kier molecular flexibility index (Phi) is 5.82. The summed E-state index contributed by atoms with van der Waals surface area (Å²) in [6.45, 7) is 2.15. The Bertz CT molecular complexity index is 2820. The molecule has 10 aromatic rings. The average Bonchev–Trinajstić information content (AvgIpc) is 3.54. The monoisotopic (exact) mass is 610 g/mol. The summed E-state index contributed by atoms with van der Waals surface area (Å²) in [6.07, 6.45) is 0. The van der Waals surface area contributed by atoms with Crippen LogP contribution in [0.15, 0.2) is 164 Å². The van der Waals surface area contributed by atoms with Gasteiger partial charge in [-0.2, -0.15) is 0 Å². The second-order valence-electron chi connectivity index (χ2n) is 12.9. The smallest absolute Gasteiger partial charge is 0.145 e. The van der Waals surface area contributed by atoms with Crippen molar-refractivity contribution in [2.45, 2.75) is 6.92 Å². The van der Waals surface area contributed by atoms with Crippen LogP contribution < -0.4 is 0 Å². The molecular weight excluding hydrogens is 581 g/mol. The van der Waals surface area contributed by atoms with E-state index in [9.17, 15) is 0 Å². The maximum absolute atomic E-state index is 5.08. The Labute approximate surface area is 278 Å². The van der Waals surface area contributed by atoms with Crippen molar-refractivity contribution in [3.8, 4) is 39.3 Å². The van der Waals surface area contributed by atoms with E-state index in [0.717, 1.165) is 28.1 Å². The fraction of sp³-hybridized carbons (Fsp3) is 0.0217. The maximum Gasteiger partial charge on any atom is 0.145 e. The van der Waals surface area contributed by atoms with Crippen molar-refractivity contribution in [2.75, 3.05) is 0 Å². The second-order valence-corrected chi connectivity index (χ2v) is 12.9. The summed E-state index contributed by atoms with van der Waals surface area (Å²) in [5.74, 6) is 0.945. The number of fused-ring (bicyclic) bond motifs is 2. The molecule has 0 atom stereocenters. The maximum atomic E-state index is 5.08. The van der Waals surface area contributed by atoms with Crippen molar-refractivity contribution in [2.24, 2.45) is 0 Å². The minimum atomic E-state index is 0.945. The van der Waals surface area contributed by atoms with Crippen LogP contribution in [0.25, 0.3) is 93.5 Å². The molecule has 0 N–H and O–H groups in total. The molecule has 0 aliphatic carbocycles. The lowest BCUT2D eigenvalue weighted by atomic mass is 9.87. The lowest BCUT2D eigenvalue weighted by Gasteiger charge is -2.17. The van der Waals surface area contributed by atoms with E-state index < -0.39 is 0 Å². The highest BCUT2D eigenvalue weighted by Gasteiger charge is 2.17. The molecule has 0 saturated heterocycles. The topological polar surface area (TPSA) is 17.8 Å². The fourth-order valence-electron chi connectivity index (χ4n) is 7.69. The Balaban J connectivity index is 1.12. The molecule has 48 heavy (non-hydrogen) atoms. The zero-order valence-corrected chi connectivity index (χ0v) is 26.5. The van der Waals surface area contributed by atoms with Crippen LogP contribution in [0, 0.1) is 6.92 Å². The van der Waals surface area contributed by atoms with Gasteiger partial charge >= 0.3 is 0 Å². The highest BCUT2D eigenvalue weighted by Crippen LogP contribution is 2.43. The van der Waals surface area contributed by atoms with E-state index in [4.69, 9.17) is 4.98 Å². The van der Waals surface area contributed by atoms with Gasteiger partial charge in [0.25, 0.3) is 0 Å². The lowest BCUT2D eigenvalue weighted by Crippen LogP contribution is -1.97. The van der Waals surface area contributed by atoms with Gasteiger partial charge in [-0.3, -0.25) is 4.57 Å². The summed E-state index contributed by atoms with van der Waals surface area (Å²) in [5.41, 5.74) is 10.5. The first-order chi connectivity index (χ1) is 23.7. The van der Waals surface area contributed by atoms with Crippen molar-refractivity contribution in [1.29, 1.82) is 0 Å². The van der Waals surface area contributed by atoms with Crippen LogP contribution in [-0.2, 0) is 0 Å². The Morgan fingerprint density at radius 2 is 1.00 bits per heavy atom. The highest BCUT2D eigenvalue weighted by molar-refractivity contribution is 6.27. The minimum Gasteiger partial charge on any atom is -0.292 e. The van der Waals surface area contributed by atoms with Gasteiger partial charge < -0.3 is 0 Å². The molecule has 0 radical (unpaired) electrons. The van der Waals surface area contributed by atoms with E-state index in [1.165, 1.54) is 70.9 Å². The normalized spacial score (nSPS) is 11.9. The standard InChI is InChI=1S/C46H30N2/c1-29-11-12-35-28-36(18-17-34(35)27-29)39-24-20-32-21-25-40-38(23-19-31-22-26-41(39)45(32)44(31)40)30-13-15-33(16-14-30)46-47-42-9-5-6-10-43(42)48(46)37-7-3-2-4-8-37/h2-28H,1H3. The Hall–Kier alpha value is -6.25. The largest absolute Gasteiger partial charge is 0.292 e. The van der Waals surface area contributed by atoms with Crippen LogP contribution in [0.5, 0.6) is 0 Å². The third-order valence-corrected chi connectivity index (χ3v) is 10.0. The van der Waals surface area contributed by atoms with E-state index in [-0.39, 0.29) is 0 Å². The zero-order valence-electron chi connectivity index (χ0n) is 26.5. The lowest BCUT2D eigenvalue weighted by molar-refractivity contribution is 1.10. The zero-order chi connectivity index (χ0) is 31.8. The molecule has 1 aromatic heterocycles. The first-order valence-corrected chi connectivity index (χ1v) is 16.5. The number of aromatic nitrogens is 2. The van der Waals surface area contributed by atoms with E-state index in [1.807, 2.05) is 0 Å². The van der Waals surface area contributed by atoms with Crippen molar-refractivity contribution >= 4 is 54.1 Å². The molecule has 0 aliphatic rings. The molecular formula is C46H30N2. The highest BCUT2D eigenvalue weighted by atomic mass is 15.1. The van der Waals surface area contributed by atoms with Gasteiger partial charge in [0.2, 0.25) is 0 Å². The van der Waals surface area contributed by atoms with E-state index in [2.05, 4.69) is 175 Å². The SMILES string of the molecule is Cc1ccc2cc(-c3ccc4ccc5c(-c6ccc(-c7nc8ccccc8n7-c7ccccc7)cc6)ccc6ccc3c4c65)ccc2c1. The molecule has 0 aliphatic heterocycles. The molecule has 0 bridgehead atoms. The van der Waals surface area contributed by atoms with Gasteiger partial charge in [0.1, 0.15) is 5.82 Å². The summed E-state index contributed by atoms with van der Waals surface area (Å²) in [4.78, 5) is 5.08. The first-order valence-electron chi connectivity index (χ1n) is 16.5. The molecule has 9 aromatic carbocycles. The molecule has 2 heteroatoms. The number of nitrogens with zero attached hydrogens (tertiary/aromatic N) is 2. The van der Waals surface area contributed by atoms with Gasteiger partial charge in [-0.25, -0.2) is 4.98 Å². The summed E-state index contributed by atoms with van der Waals surface area (Å²) < 4.78 is 2.26. The van der Waals surface area contributed by atoms with Crippen molar-refractivity contribution < 1.29 is 0 Å². The van der Waals surface area contributed by atoms with Gasteiger partial charge in [-0.05, 0) is 103 Å². The summed E-state index contributed by atoms with van der Waals surface area (Å²) >= 11 is 0. The molecule has 2 nitrogen and oxygen atoms in total. The fourth-order valence-corrected chi connectivity index (χ4v) is 7.69. The Morgan fingerprint density at radius 3 is 1.75 bits per heavy atom. The first kappa shape index (κ1) is 26.9. The number of benzene rings is 9. The number of rotatable bonds is 4. The van der Waals surface area contributed by atoms with Crippen LogP contribution in [0.1, 0.15) is 5.56 Å². The Morgan fingerprint density at radius 1 is 0.438 bits per heavy atom. The van der Waals surface area contributed by atoms with Crippen molar-refractivity contribution in [3.05, 3.63) is 169 Å². The van der Waals surface area contributed by atoms with Crippen LogP contribution >= 0.6 is 0 Å². The van der Waals surface area contributed by atoms with Gasteiger partial charge in [0.15, 0.2) is 0 Å². The van der Waals surface area contributed by atoms with Crippen LogP contribution in [0.3, 0.4) is 0 Å². The number of para-hydroxylation sites is 3. The van der Waals surface area contributed by atoms with Gasteiger partial charge in [-0.1, -0.05) is 139 Å². The third kappa shape index (κ3) is 4.09. The van der Waals surface area contributed by atoms with E-state index in [0.29, 0.717) is 0 Å². The summed E-state index contributed by atoms with van der Waals surface area (Å²) in [7, 11) is 0. The van der Waals surface area contributed by atoms with Crippen LogP contribution in [0.2, 0.25) is 0 Å². The molecule has 0 amide bonds. The van der Waals surface area contributed by atoms with Crippen LogP contribution in [-0.4, -0.2) is 9.55 Å². The number of imidazole rings is 1. The summed E-state index contributed by atoms with van der Waals surface area (Å²) in [5, 5.41) is 10.3. The molecule has 0 unspecified atom stereocenters. The second kappa shape index (κ2) is 10.4. The molecule has 1 heterocycles. The molecule has 0 fully saturated rings. The van der Waals surface area contributed by atoms with E-state index in [1.54, 1.807) is 0 Å². The molecule has 224 valence electrons. The minimum absolute atomic E-state index is 0.945. The average molecular weight is 611 g/mol. The van der Waals surface area contributed by atoms with E-state index >= 15 is 0 Å². The van der Waals surface area contributed by atoms with Gasteiger partial charge in [0.05, 0.1) is 11.0 Å². The molecule has 0 saturated carbocycles. The van der Waals surface area contributed by atoms with Crippen LogP contribution in [0.4, 0.5) is 0 Å². The molecule has 10 rings (SSSR count). The van der Waals surface area contributed by atoms with Crippen molar-refractivity contribution in [3.63, 3.8) is 0 Å². The summed E-state index contributed by atoms with van der Waals surface area (Å²) in [6, 6.07) is 59.7. The predicted molar refractivity (Wildman–Crippen MR) is 203 cm³/mol. The third-order valence-electron chi connectivity index (χ3n) is 10.0.